The van der Waals surface area contributed by atoms with Crippen LogP contribution in [-0.4, -0.2) is 22.4 Å². The summed E-state index contributed by atoms with van der Waals surface area (Å²) >= 11 is 4.32. The summed E-state index contributed by atoms with van der Waals surface area (Å²) in [7, 11) is 3.09. The van der Waals surface area contributed by atoms with Crippen LogP contribution in [0.1, 0.15) is 10.4 Å². The zero-order valence-corrected chi connectivity index (χ0v) is 11.8. The Hall–Kier alpha value is 0.367. The highest BCUT2D eigenvalue weighted by Crippen LogP contribution is 2.19. The number of carbonyl (C=O) groups is 1. The Bertz CT molecular complexity index is 328. The summed E-state index contributed by atoms with van der Waals surface area (Å²) in [6.45, 7) is 0. The van der Waals surface area contributed by atoms with Gasteiger partial charge in [0.05, 0.1) is 22.0 Å². The van der Waals surface area contributed by atoms with Crippen molar-refractivity contribution in [2.45, 2.75) is 0 Å². The molecule has 0 heterocycles. The molecule has 1 aromatic carbocycles. The summed E-state index contributed by atoms with van der Waals surface area (Å²) in [4.78, 5) is 11.4. The molecular weight excluding hydrogens is 410 g/mol. The van der Waals surface area contributed by atoms with Crippen molar-refractivity contribution in [1.29, 1.82) is 0 Å². The minimum absolute atomic E-state index is 0.223. The first-order valence-electron chi connectivity index (χ1n) is 3.42. The zero-order chi connectivity index (χ0) is 9.84. The number of benzene rings is 1. The van der Waals surface area contributed by atoms with E-state index in [2.05, 4.69) is 55.4 Å². The standard InChI is InChI=1S/C8H5I2O2Si/c9-6-3-1-2-5(7(6)10)8(11)12-4-13/h1-3H,4H2. The average Bonchev–Trinajstić information content (AvgIpc) is 2.10. The molecule has 0 aliphatic heterocycles. The van der Waals surface area contributed by atoms with Crippen LogP contribution in [-0.2, 0) is 4.74 Å². The summed E-state index contributed by atoms with van der Waals surface area (Å²) in [5.74, 6) is -0.294. The molecule has 0 saturated heterocycles. The van der Waals surface area contributed by atoms with Crippen LogP contribution in [0, 0.1) is 7.14 Å². The topological polar surface area (TPSA) is 26.3 Å². The normalized spacial score (nSPS) is 9.77. The molecule has 67 valence electrons. The van der Waals surface area contributed by atoms with Gasteiger partial charge in [0.2, 0.25) is 0 Å². The molecule has 0 aliphatic rings. The molecule has 0 unspecified atom stereocenters. The second-order valence-corrected chi connectivity index (χ2v) is 4.71. The molecule has 1 rings (SSSR count). The molecule has 0 fully saturated rings. The van der Waals surface area contributed by atoms with E-state index in [9.17, 15) is 4.79 Å². The Morgan fingerprint density at radius 1 is 1.46 bits per heavy atom. The van der Waals surface area contributed by atoms with Crippen molar-refractivity contribution in [1.82, 2.24) is 0 Å². The molecule has 2 nitrogen and oxygen atoms in total. The van der Waals surface area contributed by atoms with Gasteiger partial charge < -0.3 is 4.74 Å². The molecule has 0 aliphatic carbocycles. The van der Waals surface area contributed by atoms with Gasteiger partial charge in [-0.3, -0.25) is 0 Å². The Morgan fingerprint density at radius 3 is 2.77 bits per heavy atom. The number of ether oxygens (including phenoxy) is 1. The van der Waals surface area contributed by atoms with Crippen LogP contribution >= 0.6 is 45.2 Å². The predicted octanol–water partition coefficient (Wildman–Crippen LogP) is 2.18. The fourth-order valence-corrected chi connectivity index (χ4v) is 2.01. The maximum Gasteiger partial charge on any atom is 0.338 e. The van der Waals surface area contributed by atoms with E-state index in [1.165, 1.54) is 0 Å². The predicted molar refractivity (Wildman–Crippen MR) is 67.9 cm³/mol. The van der Waals surface area contributed by atoms with Gasteiger partial charge in [-0.2, -0.15) is 0 Å². The number of rotatable bonds is 2. The van der Waals surface area contributed by atoms with E-state index in [-0.39, 0.29) is 12.2 Å². The minimum atomic E-state index is -0.294. The summed E-state index contributed by atoms with van der Waals surface area (Å²) in [5.41, 5.74) is 0.616. The Morgan fingerprint density at radius 2 is 2.15 bits per heavy atom. The van der Waals surface area contributed by atoms with E-state index in [4.69, 9.17) is 4.74 Å². The third-order valence-electron chi connectivity index (χ3n) is 1.37. The number of halogens is 2. The van der Waals surface area contributed by atoms with Crippen LogP contribution in [0.4, 0.5) is 0 Å². The fourth-order valence-electron chi connectivity index (χ4n) is 0.805. The highest BCUT2D eigenvalue weighted by molar-refractivity contribution is 14.1. The second kappa shape index (κ2) is 5.30. The van der Waals surface area contributed by atoms with E-state index < -0.39 is 0 Å². The van der Waals surface area contributed by atoms with Crippen LogP contribution in [0.3, 0.4) is 0 Å². The van der Waals surface area contributed by atoms with Crippen molar-refractivity contribution in [3.63, 3.8) is 0 Å². The van der Waals surface area contributed by atoms with E-state index in [0.717, 1.165) is 7.14 Å². The Labute approximate surface area is 107 Å². The lowest BCUT2D eigenvalue weighted by Gasteiger charge is -2.04. The van der Waals surface area contributed by atoms with Crippen LogP contribution in [0.5, 0.6) is 0 Å². The quantitative estimate of drug-likeness (QED) is 0.421. The lowest BCUT2D eigenvalue weighted by Crippen LogP contribution is -2.08. The van der Waals surface area contributed by atoms with Crippen LogP contribution in [0.15, 0.2) is 18.2 Å². The molecule has 0 bridgehead atoms. The molecule has 5 heteroatoms. The van der Waals surface area contributed by atoms with Crippen molar-refractivity contribution in [3.05, 3.63) is 30.9 Å². The van der Waals surface area contributed by atoms with E-state index in [0.29, 0.717) is 5.56 Å². The fraction of sp³-hybridized carbons (Fsp3) is 0.125. The maximum absolute atomic E-state index is 11.4. The highest BCUT2D eigenvalue weighted by Gasteiger charge is 2.11. The Kier molecular flexibility index (Phi) is 4.66. The molecule has 0 atom stereocenters. The molecular formula is C8H5I2O2Si. The highest BCUT2D eigenvalue weighted by atomic mass is 127. The number of carbonyl (C=O) groups excluding carboxylic acids is 1. The van der Waals surface area contributed by atoms with E-state index in [1.54, 1.807) is 6.07 Å². The monoisotopic (exact) mass is 415 g/mol. The van der Waals surface area contributed by atoms with Crippen molar-refractivity contribution in [2.24, 2.45) is 0 Å². The molecule has 13 heavy (non-hydrogen) atoms. The Balaban J connectivity index is 3.01. The van der Waals surface area contributed by atoms with Crippen LogP contribution in [0.25, 0.3) is 0 Å². The van der Waals surface area contributed by atoms with E-state index >= 15 is 0 Å². The van der Waals surface area contributed by atoms with Crippen LogP contribution < -0.4 is 0 Å². The first kappa shape index (κ1) is 11.4. The molecule has 3 radical (unpaired) electrons. The zero-order valence-electron chi connectivity index (χ0n) is 6.51. The van der Waals surface area contributed by atoms with Gasteiger partial charge in [0.1, 0.15) is 0 Å². The molecule has 0 amide bonds. The van der Waals surface area contributed by atoms with Crippen molar-refractivity contribution >= 4 is 61.4 Å². The first-order valence-corrected chi connectivity index (χ1v) is 6.29. The molecule has 0 aromatic heterocycles. The van der Waals surface area contributed by atoms with Crippen LogP contribution in [0.2, 0.25) is 0 Å². The van der Waals surface area contributed by atoms with E-state index in [1.807, 2.05) is 12.1 Å². The van der Waals surface area contributed by atoms with Gasteiger partial charge in [-0.25, -0.2) is 4.79 Å². The largest absolute Gasteiger partial charge is 0.467 e. The lowest BCUT2D eigenvalue weighted by molar-refractivity contribution is 0.0572. The average molecular weight is 415 g/mol. The lowest BCUT2D eigenvalue weighted by atomic mass is 10.2. The summed E-state index contributed by atoms with van der Waals surface area (Å²) in [5, 5.41) is 0. The summed E-state index contributed by atoms with van der Waals surface area (Å²) in [6.07, 6.45) is 0.223. The minimum Gasteiger partial charge on any atom is -0.467 e. The third-order valence-corrected chi connectivity index (χ3v) is 4.61. The van der Waals surface area contributed by atoms with Crippen molar-refractivity contribution in [3.8, 4) is 0 Å². The molecule has 0 saturated carbocycles. The second-order valence-electron chi connectivity index (χ2n) is 2.18. The van der Waals surface area contributed by atoms with Crippen molar-refractivity contribution < 1.29 is 9.53 Å². The molecule has 1 aromatic rings. The van der Waals surface area contributed by atoms with Gasteiger partial charge in [-0.1, -0.05) is 6.07 Å². The van der Waals surface area contributed by atoms with Gasteiger partial charge in [0, 0.05) is 7.14 Å². The SMILES string of the molecule is O=C(OC[Si])c1cccc(I)c1I. The first-order chi connectivity index (χ1) is 6.16. The summed E-state index contributed by atoms with van der Waals surface area (Å²) < 4.78 is 6.82. The number of hydrogen-bond acceptors (Lipinski definition) is 2. The number of esters is 1. The number of hydrogen-bond donors (Lipinski definition) is 0. The van der Waals surface area contributed by atoms with Gasteiger partial charge in [0.25, 0.3) is 0 Å². The van der Waals surface area contributed by atoms with Gasteiger partial charge in [0.15, 0.2) is 0 Å². The van der Waals surface area contributed by atoms with Gasteiger partial charge >= 0.3 is 5.97 Å². The third kappa shape index (κ3) is 2.91. The molecule has 0 N–H and O–H groups in total. The summed E-state index contributed by atoms with van der Waals surface area (Å²) in [6, 6.07) is 5.55. The smallest absolute Gasteiger partial charge is 0.338 e. The van der Waals surface area contributed by atoms with Gasteiger partial charge in [-0.15, -0.1) is 0 Å². The van der Waals surface area contributed by atoms with Gasteiger partial charge in [-0.05, 0) is 57.3 Å². The maximum atomic E-state index is 11.4. The van der Waals surface area contributed by atoms with Crippen molar-refractivity contribution in [2.75, 3.05) is 6.23 Å². The molecule has 0 spiro atoms.